The summed E-state index contributed by atoms with van der Waals surface area (Å²) in [7, 11) is 2.22. The zero-order valence-electron chi connectivity index (χ0n) is 10.7. The van der Waals surface area contributed by atoms with E-state index >= 15 is 0 Å². The first-order valence-electron chi connectivity index (χ1n) is 6.78. The Morgan fingerprint density at radius 1 is 1.33 bits per heavy atom. The molecule has 3 heterocycles. The van der Waals surface area contributed by atoms with Crippen LogP contribution in [0.4, 0.5) is 0 Å². The van der Waals surface area contributed by atoms with Crippen molar-refractivity contribution in [3.8, 4) is 0 Å². The minimum absolute atomic E-state index is 0.342. The van der Waals surface area contributed by atoms with Gasteiger partial charge in [0.25, 0.3) is 0 Å². The number of H-pyrrole nitrogens is 1. The van der Waals surface area contributed by atoms with Crippen molar-refractivity contribution in [2.24, 2.45) is 0 Å². The number of hydrogen-bond acceptors (Lipinski definition) is 3. The molecular formula is C14H18N4. The number of rotatable bonds is 0. The van der Waals surface area contributed by atoms with Gasteiger partial charge in [-0.05, 0) is 19.9 Å². The summed E-state index contributed by atoms with van der Waals surface area (Å²) < 4.78 is 0. The van der Waals surface area contributed by atoms with Crippen LogP contribution in [0.3, 0.4) is 0 Å². The number of nitrogens with one attached hydrogen (secondary N) is 1. The van der Waals surface area contributed by atoms with E-state index in [4.69, 9.17) is 0 Å². The Hall–Kier alpha value is -1.42. The standard InChI is InChI=1S/C14H18N4/c1-18-7-11-12(14(8-18)4-2-3-5-14)13-10(17-11)6-15-9-16-13/h6,9,17H,2-5,7-8H2,1H3. The monoisotopic (exact) mass is 242 g/mol. The normalized spacial score (nSPS) is 22.7. The molecule has 1 spiro atoms. The minimum atomic E-state index is 0.342. The van der Waals surface area contributed by atoms with Crippen LogP contribution in [0, 0.1) is 0 Å². The molecule has 0 aromatic carbocycles. The molecule has 4 nitrogen and oxygen atoms in total. The molecule has 1 saturated carbocycles. The van der Waals surface area contributed by atoms with E-state index in [1.807, 2.05) is 6.20 Å². The van der Waals surface area contributed by atoms with Gasteiger partial charge < -0.3 is 4.98 Å². The van der Waals surface area contributed by atoms with Gasteiger partial charge in [0, 0.05) is 29.8 Å². The fourth-order valence-corrected chi connectivity index (χ4v) is 4.06. The van der Waals surface area contributed by atoms with E-state index in [1.165, 1.54) is 43.5 Å². The highest BCUT2D eigenvalue weighted by molar-refractivity contribution is 5.81. The molecular weight excluding hydrogens is 224 g/mol. The maximum Gasteiger partial charge on any atom is 0.116 e. The first-order chi connectivity index (χ1) is 8.78. The van der Waals surface area contributed by atoms with Crippen LogP contribution in [0.1, 0.15) is 36.9 Å². The molecule has 2 aliphatic rings. The largest absolute Gasteiger partial charge is 0.354 e. The van der Waals surface area contributed by atoms with Crippen molar-refractivity contribution in [3.63, 3.8) is 0 Å². The lowest BCUT2D eigenvalue weighted by Gasteiger charge is -2.38. The number of aromatic amines is 1. The summed E-state index contributed by atoms with van der Waals surface area (Å²) in [6, 6.07) is 0. The van der Waals surface area contributed by atoms with Gasteiger partial charge in [-0.25, -0.2) is 9.97 Å². The Balaban J connectivity index is 2.01. The van der Waals surface area contributed by atoms with E-state index in [0.29, 0.717) is 5.41 Å². The number of hydrogen-bond donors (Lipinski definition) is 1. The van der Waals surface area contributed by atoms with E-state index < -0.39 is 0 Å². The first-order valence-corrected chi connectivity index (χ1v) is 6.78. The summed E-state index contributed by atoms with van der Waals surface area (Å²) in [5.74, 6) is 0. The smallest absolute Gasteiger partial charge is 0.116 e. The van der Waals surface area contributed by atoms with Gasteiger partial charge in [0.05, 0.1) is 17.2 Å². The van der Waals surface area contributed by atoms with Crippen molar-refractivity contribution >= 4 is 11.0 Å². The van der Waals surface area contributed by atoms with Crippen molar-refractivity contribution < 1.29 is 0 Å². The minimum Gasteiger partial charge on any atom is -0.354 e. The van der Waals surface area contributed by atoms with E-state index in [0.717, 1.165) is 17.6 Å². The predicted molar refractivity (Wildman–Crippen MR) is 70.4 cm³/mol. The summed E-state index contributed by atoms with van der Waals surface area (Å²) in [4.78, 5) is 14.6. The van der Waals surface area contributed by atoms with Crippen LogP contribution >= 0.6 is 0 Å². The fourth-order valence-electron chi connectivity index (χ4n) is 4.06. The number of nitrogens with zero attached hydrogens (tertiary/aromatic N) is 3. The maximum atomic E-state index is 4.54. The third kappa shape index (κ3) is 1.29. The van der Waals surface area contributed by atoms with E-state index in [2.05, 4.69) is 26.9 Å². The highest BCUT2D eigenvalue weighted by Crippen LogP contribution is 2.47. The van der Waals surface area contributed by atoms with Gasteiger partial charge in [-0.3, -0.25) is 4.90 Å². The van der Waals surface area contributed by atoms with Crippen LogP contribution in [-0.4, -0.2) is 33.4 Å². The van der Waals surface area contributed by atoms with Gasteiger partial charge in [-0.2, -0.15) is 0 Å². The van der Waals surface area contributed by atoms with Gasteiger partial charge in [-0.15, -0.1) is 0 Å². The van der Waals surface area contributed by atoms with Gasteiger partial charge in [0.15, 0.2) is 0 Å². The predicted octanol–water partition coefficient (Wildman–Crippen LogP) is 2.22. The molecule has 1 aliphatic carbocycles. The van der Waals surface area contributed by atoms with E-state index in [9.17, 15) is 0 Å². The van der Waals surface area contributed by atoms with Crippen LogP contribution < -0.4 is 0 Å². The van der Waals surface area contributed by atoms with Crippen LogP contribution in [0.2, 0.25) is 0 Å². The van der Waals surface area contributed by atoms with Crippen molar-refractivity contribution in [1.82, 2.24) is 19.9 Å². The quantitative estimate of drug-likeness (QED) is 0.770. The van der Waals surface area contributed by atoms with Crippen LogP contribution in [0.25, 0.3) is 11.0 Å². The second-order valence-electron chi connectivity index (χ2n) is 5.92. The summed E-state index contributed by atoms with van der Waals surface area (Å²) in [5.41, 5.74) is 5.46. The van der Waals surface area contributed by atoms with Crippen molar-refractivity contribution in [2.75, 3.05) is 13.6 Å². The van der Waals surface area contributed by atoms with Crippen LogP contribution in [0.5, 0.6) is 0 Å². The zero-order chi connectivity index (χ0) is 12.2. The Morgan fingerprint density at radius 3 is 3.00 bits per heavy atom. The summed E-state index contributed by atoms with van der Waals surface area (Å²) in [6.07, 6.45) is 8.90. The van der Waals surface area contributed by atoms with Crippen molar-refractivity contribution in [1.29, 1.82) is 0 Å². The molecule has 0 amide bonds. The number of fused-ring (bicyclic) bond motifs is 4. The molecule has 4 rings (SSSR count). The fraction of sp³-hybridized carbons (Fsp3) is 0.571. The molecule has 2 aromatic rings. The maximum absolute atomic E-state index is 4.54. The summed E-state index contributed by atoms with van der Waals surface area (Å²) >= 11 is 0. The number of aromatic nitrogens is 3. The molecule has 0 unspecified atom stereocenters. The molecule has 0 atom stereocenters. The van der Waals surface area contributed by atoms with Crippen molar-refractivity contribution in [2.45, 2.75) is 37.6 Å². The lowest BCUT2D eigenvalue weighted by Crippen LogP contribution is -2.42. The molecule has 1 fully saturated rings. The average molecular weight is 242 g/mol. The molecule has 18 heavy (non-hydrogen) atoms. The Morgan fingerprint density at radius 2 is 2.17 bits per heavy atom. The third-order valence-electron chi connectivity index (χ3n) is 4.63. The lowest BCUT2D eigenvalue weighted by molar-refractivity contribution is 0.212. The Labute approximate surface area is 106 Å². The molecule has 1 aliphatic heterocycles. The van der Waals surface area contributed by atoms with Gasteiger partial charge in [0.1, 0.15) is 6.33 Å². The Kier molecular flexibility index (Phi) is 2.07. The molecule has 1 N–H and O–H groups in total. The average Bonchev–Trinajstić information content (AvgIpc) is 2.93. The summed E-state index contributed by atoms with van der Waals surface area (Å²) in [6.45, 7) is 2.18. The second kappa shape index (κ2) is 3.54. The van der Waals surface area contributed by atoms with E-state index in [-0.39, 0.29) is 0 Å². The molecule has 4 heteroatoms. The molecule has 94 valence electrons. The third-order valence-corrected chi connectivity index (χ3v) is 4.63. The highest BCUT2D eigenvalue weighted by atomic mass is 15.1. The first kappa shape index (κ1) is 10.5. The van der Waals surface area contributed by atoms with Gasteiger partial charge in [0.2, 0.25) is 0 Å². The highest BCUT2D eigenvalue weighted by Gasteiger charge is 2.43. The van der Waals surface area contributed by atoms with Crippen molar-refractivity contribution in [3.05, 3.63) is 23.8 Å². The molecule has 0 bridgehead atoms. The lowest BCUT2D eigenvalue weighted by atomic mass is 9.75. The zero-order valence-corrected chi connectivity index (χ0v) is 10.7. The number of likely N-dealkylation sites (N-methyl/N-ethyl adjacent to an activating group) is 1. The molecule has 0 radical (unpaired) electrons. The Bertz CT molecular complexity index is 595. The molecule has 2 aromatic heterocycles. The second-order valence-corrected chi connectivity index (χ2v) is 5.92. The van der Waals surface area contributed by atoms with Gasteiger partial charge >= 0.3 is 0 Å². The molecule has 0 saturated heterocycles. The van der Waals surface area contributed by atoms with Crippen LogP contribution in [-0.2, 0) is 12.0 Å². The van der Waals surface area contributed by atoms with Gasteiger partial charge in [-0.1, -0.05) is 12.8 Å². The van der Waals surface area contributed by atoms with E-state index in [1.54, 1.807) is 6.33 Å². The van der Waals surface area contributed by atoms with Crippen LogP contribution in [0.15, 0.2) is 12.5 Å². The topological polar surface area (TPSA) is 44.8 Å². The SMILES string of the molecule is CN1Cc2[nH]c3cncnc3c2C2(CCCC2)C1. The summed E-state index contributed by atoms with van der Waals surface area (Å²) in [5, 5.41) is 0.